The predicted molar refractivity (Wildman–Crippen MR) is 183 cm³/mol. The Balaban J connectivity index is 1.31. The molecule has 1 aromatic heterocycles. The highest BCUT2D eigenvalue weighted by Gasteiger charge is 2.48. The number of ketones is 1. The van der Waals surface area contributed by atoms with E-state index in [-0.39, 0.29) is 28.2 Å². The van der Waals surface area contributed by atoms with Crippen molar-refractivity contribution in [1.29, 1.82) is 0 Å². The molecule has 0 radical (unpaired) electrons. The van der Waals surface area contributed by atoms with Gasteiger partial charge in [-0.15, -0.1) is 10.2 Å². The number of halogens is 1. The van der Waals surface area contributed by atoms with Gasteiger partial charge in [0.1, 0.15) is 23.9 Å². The highest BCUT2D eigenvalue weighted by atomic mass is 32.2. The first-order valence-electron chi connectivity index (χ1n) is 15.1. The lowest BCUT2D eigenvalue weighted by atomic mass is 9.93. The molecule has 5 aromatic rings. The van der Waals surface area contributed by atoms with Gasteiger partial charge in [-0.1, -0.05) is 103 Å². The quantitative estimate of drug-likeness (QED) is 0.0525. The predicted octanol–water partition coefficient (Wildman–Crippen LogP) is 8.61. The van der Waals surface area contributed by atoms with Crippen molar-refractivity contribution < 1.29 is 23.8 Å². The summed E-state index contributed by atoms with van der Waals surface area (Å²) in [6.45, 7) is 6.58. The Morgan fingerprint density at radius 2 is 1.68 bits per heavy atom. The van der Waals surface area contributed by atoms with Crippen LogP contribution in [0.1, 0.15) is 59.2 Å². The van der Waals surface area contributed by atoms with Crippen LogP contribution in [0.5, 0.6) is 5.75 Å². The number of anilines is 1. The molecule has 47 heavy (non-hydrogen) atoms. The molecule has 0 aliphatic carbocycles. The Kier molecular flexibility index (Phi) is 9.51. The van der Waals surface area contributed by atoms with E-state index in [4.69, 9.17) is 4.74 Å². The van der Waals surface area contributed by atoms with Gasteiger partial charge in [-0.05, 0) is 71.5 Å². The van der Waals surface area contributed by atoms with Gasteiger partial charge in [0.15, 0.2) is 4.34 Å². The maximum absolute atomic E-state index is 13.6. The number of nitrogens with zero attached hydrogens (tertiary/aromatic N) is 3. The number of Topliss-reactive ketones (excluding diaryl/α,β-unsaturated/α-hetero) is 1. The van der Waals surface area contributed by atoms with E-state index in [0.717, 1.165) is 22.3 Å². The number of hydrogen-bond acceptors (Lipinski definition) is 8. The van der Waals surface area contributed by atoms with Crippen LogP contribution < -0.4 is 9.64 Å². The van der Waals surface area contributed by atoms with Crippen molar-refractivity contribution in [2.75, 3.05) is 4.90 Å². The van der Waals surface area contributed by atoms with Gasteiger partial charge in [0.2, 0.25) is 5.13 Å². The summed E-state index contributed by atoms with van der Waals surface area (Å²) >= 11 is 2.58. The van der Waals surface area contributed by atoms with E-state index in [1.807, 2.05) is 49.4 Å². The van der Waals surface area contributed by atoms with Crippen LogP contribution in [0.25, 0.3) is 5.76 Å². The van der Waals surface area contributed by atoms with Crippen molar-refractivity contribution in [3.05, 3.63) is 142 Å². The van der Waals surface area contributed by atoms with Crippen LogP contribution in [-0.4, -0.2) is 27.0 Å². The van der Waals surface area contributed by atoms with Crippen LogP contribution in [0.4, 0.5) is 9.52 Å². The van der Waals surface area contributed by atoms with Crippen molar-refractivity contribution in [3.63, 3.8) is 0 Å². The first-order chi connectivity index (χ1) is 22.7. The average Bonchev–Trinajstić information content (AvgIpc) is 3.65. The molecule has 1 aliphatic rings. The summed E-state index contributed by atoms with van der Waals surface area (Å²) in [5.41, 5.74) is 5.19. The standard InChI is InChI=1S/C37H32FN3O4S2/c1-22(2)26-9-11-27(12-10-26)32-31(33(42)28-13-17-30(18-14-28)45-20-25-6-4-5-23(3)19-25)34(43)35(44)41(32)36-39-40-37(47-36)46-21-24-7-15-29(38)16-8-24/h4-19,22,32,42H,20-21H2,1-3H3/b33-31+. The lowest BCUT2D eigenvalue weighted by Crippen LogP contribution is -2.29. The second-order valence-corrected chi connectivity index (χ2v) is 13.7. The Bertz CT molecular complexity index is 1940. The van der Waals surface area contributed by atoms with E-state index in [0.29, 0.717) is 33.6 Å². The number of carbonyl (C=O) groups is 2. The molecule has 7 nitrogen and oxygen atoms in total. The molecule has 1 fully saturated rings. The number of rotatable bonds is 10. The monoisotopic (exact) mass is 665 g/mol. The number of aliphatic hydroxyl groups excluding tert-OH is 1. The van der Waals surface area contributed by atoms with Gasteiger partial charge in [0.05, 0.1) is 11.6 Å². The van der Waals surface area contributed by atoms with Crippen LogP contribution in [0.3, 0.4) is 0 Å². The third-order valence-electron chi connectivity index (χ3n) is 7.86. The first-order valence-corrected chi connectivity index (χ1v) is 16.9. The molecule has 238 valence electrons. The van der Waals surface area contributed by atoms with Crippen molar-refractivity contribution >= 4 is 45.7 Å². The van der Waals surface area contributed by atoms with E-state index in [2.05, 4.69) is 30.1 Å². The zero-order valence-electron chi connectivity index (χ0n) is 26.0. The minimum Gasteiger partial charge on any atom is -0.507 e. The Labute approximate surface area is 280 Å². The van der Waals surface area contributed by atoms with Gasteiger partial charge >= 0.3 is 5.91 Å². The third kappa shape index (κ3) is 7.13. The van der Waals surface area contributed by atoms with Crippen LogP contribution in [0.15, 0.2) is 107 Å². The number of aromatic nitrogens is 2. The lowest BCUT2D eigenvalue weighted by molar-refractivity contribution is -0.132. The fourth-order valence-corrected chi connectivity index (χ4v) is 7.15. The maximum Gasteiger partial charge on any atom is 0.301 e. The number of benzene rings is 4. The van der Waals surface area contributed by atoms with Crippen molar-refractivity contribution in [3.8, 4) is 5.75 Å². The second-order valence-electron chi connectivity index (χ2n) is 11.6. The van der Waals surface area contributed by atoms with Gasteiger partial charge in [-0.25, -0.2) is 4.39 Å². The maximum atomic E-state index is 13.6. The van der Waals surface area contributed by atoms with Crippen molar-refractivity contribution in [2.24, 2.45) is 0 Å². The van der Waals surface area contributed by atoms with E-state index in [1.165, 1.54) is 40.1 Å². The molecule has 0 spiro atoms. The summed E-state index contributed by atoms with van der Waals surface area (Å²) < 4.78 is 19.9. The molecule has 1 aliphatic heterocycles. The second kappa shape index (κ2) is 13.9. The highest BCUT2D eigenvalue weighted by Crippen LogP contribution is 2.44. The minimum absolute atomic E-state index is 0.0311. The van der Waals surface area contributed by atoms with E-state index < -0.39 is 17.7 Å². The summed E-state index contributed by atoms with van der Waals surface area (Å²) in [4.78, 5) is 28.6. The molecule has 1 saturated heterocycles. The fourth-order valence-electron chi connectivity index (χ4n) is 5.33. The summed E-state index contributed by atoms with van der Waals surface area (Å²) in [5.74, 6) is -0.793. The van der Waals surface area contributed by atoms with Crippen molar-refractivity contribution in [2.45, 2.75) is 49.4 Å². The number of aliphatic hydroxyl groups is 1. The largest absolute Gasteiger partial charge is 0.507 e. The number of aryl methyl sites for hydroxylation is 1. The molecule has 1 unspecified atom stereocenters. The summed E-state index contributed by atoms with van der Waals surface area (Å²) in [6.07, 6.45) is 0. The Morgan fingerprint density at radius 1 is 0.957 bits per heavy atom. The molecule has 6 rings (SSSR count). The molecular weight excluding hydrogens is 634 g/mol. The van der Waals surface area contributed by atoms with E-state index >= 15 is 0 Å². The molecule has 4 aromatic carbocycles. The van der Waals surface area contributed by atoms with Gasteiger partial charge in [-0.2, -0.15) is 0 Å². The minimum atomic E-state index is -0.920. The smallest absolute Gasteiger partial charge is 0.301 e. The number of ether oxygens (including phenoxy) is 1. The Hall–Kier alpha value is -4.80. The molecule has 10 heteroatoms. The third-order valence-corrected chi connectivity index (χ3v) is 9.98. The van der Waals surface area contributed by atoms with E-state index in [1.54, 1.807) is 36.4 Å². The number of thioether (sulfide) groups is 1. The van der Waals surface area contributed by atoms with Crippen molar-refractivity contribution in [1.82, 2.24) is 10.2 Å². The van der Waals surface area contributed by atoms with Gasteiger partial charge in [0, 0.05) is 11.3 Å². The Morgan fingerprint density at radius 3 is 2.36 bits per heavy atom. The number of amides is 1. The zero-order valence-corrected chi connectivity index (χ0v) is 27.6. The van der Waals surface area contributed by atoms with Gasteiger partial charge < -0.3 is 9.84 Å². The highest BCUT2D eigenvalue weighted by molar-refractivity contribution is 8.00. The number of carbonyl (C=O) groups excluding carboxylic acids is 2. The molecular formula is C37H32FN3O4S2. The molecule has 0 bridgehead atoms. The normalized spacial score (nSPS) is 15.9. The molecule has 2 heterocycles. The van der Waals surface area contributed by atoms with Crippen LogP contribution >= 0.6 is 23.1 Å². The van der Waals surface area contributed by atoms with Crippen LogP contribution in [-0.2, 0) is 21.9 Å². The molecule has 1 amide bonds. The van der Waals surface area contributed by atoms with Crippen LogP contribution in [0.2, 0.25) is 0 Å². The molecule has 0 saturated carbocycles. The zero-order chi connectivity index (χ0) is 33.1. The lowest BCUT2D eigenvalue weighted by Gasteiger charge is -2.23. The molecule has 1 atom stereocenters. The summed E-state index contributed by atoms with van der Waals surface area (Å²) in [6, 6.07) is 27.8. The fraction of sp³-hybridized carbons (Fsp3) is 0.189. The molecule has 1 N–H and O–H groups in total. The summed E-state index contributed by atoms with van der Waals surface area (Å²) in [7, 11) is 0. The SMILES string of the molecule is Cc1cccc(COc2ccc(/C(O)=C3\C(=O)C(=O)N(c4nnc(SCc5ccc(F)cc5)s4)C3c3ccc(C(C)C)cc3)cc2)c1. The topological polar surface area (TPSA) is 92.6 Å². The van der Waals surface area contributed by atoms with Gasteiger partial charge in [0.25, 0.3) is 5.78 Å². The van der Waals surface area contributed by atoms with Crippen LogP contribution in [0, 0.1) is 12.7 Å². The van der Waals surface area contributed by atoms with Gasteiger partial charge in [-0.3, -0.25) is 14.5 Å². The van der Waals surface area contributed by atoms with E-state index in [9.17, 15) is 19.1 Å². The summed E-state index contributed by atoms with van der Waals surface area (Å²) in [5, 5.41) is 20.4. The number of hydrogen-bond donors (Lipinski definition) is 1. The average molecular weight is 666 g/mol. The first kappa shape index (κ1) is 32.2.